The SMILES string of the molecule is Cc1ccnc(Sc2cnc(C#N)cn2)n1. The zero-order valence-corrected chi connectivity index (χ0v) is 9.27. The lowest BCUT2D eigenvalue weighted by Crippen LogP contribution is -1.91. The molecule has 16 heavy (non-hydrogen) atoms. The number of aromatic nitrogens is 4. The standard InChI is InChI=1S/C10H7N5S/c1-7-2-3-12-10(15-7)16-9-6-13-8(4-11)5-14-9/h2-3,5-6H,1H3. The van der Waals surface area contributed by atoms with Crippen LogP contribution < -0.4 is 0 Å². The second-order valence-electron chi connectivity index (χ2n) is 2.93. The van der Waals surface area contributed by atoms with Gasteiger partial charge in [-0.1, -0.05) is 0 Å². The van der Waals surface area contributed by atoms with Gasteiger partial charge in [-0.25, -0.2) is 19.9 Å². The maximum absolute atomic E-state index is 8.57. The van der Waals surface area contributed by atoms with E-state index in [0.29, 0.717) is 15.9 Å². The normalized spacial score (nSPS) is 9.75. The van der Waals surface area contributed by atoms with Crippen LogP contribution in [0.4, 0.5) is 0 Å². The summed E-state index contributed by atoms with van der Waals surface area (Å²) in [6, 6.07) is 3.74. The van der Waals surface area contributed by atoms with E-state index >= 15 is 0 Å². The smallest absolute Gasteiger partial charge is 0.194 e. The minimum atomic E-state index is 0.300. The van der Waals surface area contributed by atoms with Gasteiger partial charge in [-0.2, -0.15) is 5.26 Å². The third kappa shape index (κ3) is 2.52. The molecule has 0 aliphatic rings. The predicted octanol–water partition coefficient (Wildman–Crippen LogP) is 1.60. The zero-order chi connectivity index (χ0) is 11.4. The maximum atomic E-state index is 8.57. The van der Waals surface area contributed by atoms with Crippen LogP contribution >= 0.6 is 11.8 Å². The largest absolute Gasteiger partial charge is 0.245 e. The van der Waals surface area contributed by atoms with Crippen LogP contribution in [0.1, 0.15) is 11.4 Å². The topological polar surface area (TPSA) is 75.3 Å². The number of hydrogen-bond donors (Lipinski definition) is 0. The average Bonchev–Trinajstić information content (AvgIpc) is 2.30. The molecular formula is C10H7N5S. The fourth-order valence-electron chi connectivity index (χ4n) is 0.995. The second kappa shape index (κ2) is 4.68. The average molecular weight is 229 g/mol. The number of rotatable bonds is 2. The fraction of sp³-hybridized carbons (Fsp3) is 0.100. The van der Waals surface area contributed by atoms with Crippen LogP contribution in [-0.4, -0.2) is 19.9 Å². The van der Waals surface area contributed by atoms with E-state index in [4.69, 9.17) is 5.26 Å². The molecule has 2 rings (SSSR count). The predicted molar refractivity (Wildman–Crippen MR) is 57.6 cm³/mol. The molecule has 2 aromatic rings. The Balaban J connectivity index is 2.18. The lowest BCUT2D eigenvalue weighted by atomic mass is 10.5. The molecule has 0 saturated heterocycles. The summed E-state index contributed by atoms with van der Waals surface area (Å²) in [6.07, 6.45) is 4.66. The van der Waals surface area contributed by atoms with E-state index in [1.54, 1.807) is 6.20 Å². The van der Waals surface area contributed by atoms with Crippen molar-refractivity contribution in [2.45, 2.75) is 17.1 Å². The van der Waals surface area contributed by atoms with Crippen LogP contribution in [0.5, 0.6) is 0 Å². The lowest BCUT2D eigenvalue weighted by Gasteiger charge is -1.99. The van der Waals surface area contributed by atoms with Crippen LogP contribution in [0.25, 0.3) is 0 Å². The molecule has 0 saturated carbocycles. The number of nitrogens with zero attached hydrogens (tertiary/aromatic N) is 5. The molecule has 0 N–H and O–H groups in total. The first-order valence-electron chi connectivity index (χ1n) is 4.47. The highest BCUT2D eigenvalue weighted by Gasteiger charge is 2.02. The van der Waals surface area contributed by atoms with Crippen molar-refractivity contribution in [3.8, 4) is 6.07 Å². The van der Waals surface area contributed by atoms with Crippen molar-refractivity contribution in [3.63, 3.8) is 0 Å². The van der Waals surface area contributed by atoms with Crippen LogP contribution in [0, 0.1) is 18.3 Å². The van der Waals surface area contributed by atoms with Crippen molar-refractivity contribution in [3.05, 3.63) is 36.0 Å². The van der Waals surface area contributed by atoms with Crippen molar-refractivity contribution in [2.75, 3.05) is 0 Å². The molecule has 0 aliphatic heterocycles. The van der Waals surface area contributed by atoms with Crippen molar-refractivity contribution in [2.24, 2.45) is 0 Å². The van der Waals surface area contributed by atoms with Crippen LogP contribution in [0.3, 0.4) is 0 Å². The Morgan fingerprint density at radius 1 is 1.25 bits per heavy atom. The molecule has 0 bridgehead atoms. The van der Waals surface area contributed by atoms with E-state index in [9.17, 15) is 0 Å². The maximum Gasteiger partial charge on any atom is 0.194 e. The minimum Gasteiger partial charge on any atom is -0.245 e. The monoisotopic (exact) mass is 229 g/mol. The van der Waals surface area contributed by atoms with Crippen molar-refractivity contribution < 1.29 is 0 Å². The molecule has 6 heteroatoms. The van der Waals surface area contributed by atoms with E-state index in [1.807, 2.05) is 19.1 Å². The first-order valence-corrected chi connectivity index (χ1v) is 5.29. The summed E-state index contributed by atoms with van der Waals surface area (Å²) in [7, 11) is 0. The summed E-state index contributed by atoms with van der Waals surface area (Å²) in [5.74, 6) is 0. The molecule has 0 unspecified atom stereocenters. The van der Waals surface area contributed by atoms with Gasteiger partial charge in [-0.15, -0.1) is 0 Å². The Labute approximate surface area is 96.6 Å². The Morgan fingerprint density at radius 2 is 2.12 bits per heavy atom. The molecular weight excluding hydrogens is 222 g/mol. The van der Waals surface area contributed by atoms with E-state index in [1.165, 1.54) is 24.2 Å². The highest BCUT2D eigenvalue weighted by molar-refractivity contribution is 7.99. The van der Waals surface area contributed by atoms with Crippen LogP contribution in [0.2, 0.25) is 0 Å². The third-order valence-corrected chi connectivity index (χ3v) is 2.51. The number of nitriles is 1. The van der Waals surface area contributed by atoms with E-state index in [-0.39, 0.29) is 0 Å². The summed E-state index contributed by atoms with van der Waals surface area (Å²) < 4.78 is 0. The molecule has 2 aromatic heterocycles. The van der Waals surface area contributed by atoms with Gasteiger partial charge < -0.3 is 0 Å². The second-order valence-corrected chi connectivity index (χ2v) is 3.92. The van der Waals surface area contributed by atoms with Gasteiger partial charge in [-0.05, 0) is 24.8 Å². The summed E-state index contributed by atoms with van der Waals surface area (Å²) in [6.45, 7) is 1.90. The summed E-state index contributed by atoms with van der Waals surface area (Å²) in [5.41, 5.74) is 1.20. The van der Waals surface area contributed by atoms with Crippen molar-refractivity contribution in [1.29, 1.82) is 5.26 Å². The first kappa shape index (κ1) is 10.5. The first-order chi connectivity index (χ1) is 7.78. The Morgan fingerprint density at radius 3 is 2.75 bits per heavy atom. The summed E-state index contributed by atoms with van der Waals surface area (Å²) in [4.78, 5) is 16.3. The number of hydrogen-bond acceptors (Lipinski definition) is 6. The number of aryl methyl sites for hydroxylation is 1. The van der Waals surface area contributed by atoms with Gasteiger partial charge in [0, 0.05) is 11.9 Å². The van der Waals surface area contributed by atoms with Crippen LogP contribution in [-0.2, 0) is 0 Å². The molecule has 0 amide bonds. The van der Waals surface area contributed by atoms with E-state index < -0.39 is 0 Å². The van der Waals surface area contributed by atoms with Crippen molar-refractivity contribution in [1.82, 2.24) is 19.9 Å². The van der Waals surface area contributed by atoms with E-state index in [0.717, 1.165) is 5.69 Å². The van der Waals surface area contributed by atoms with Crippen LogP contribution in [0.15, 0.2) is 34.8 Å². The van der Waals surface area contributed by atoms with Gasteiger partial charge in [0.1, 0.15) is 11.1 Å². The highest BCUT2D eigenvalue weighted by Crippen LogP contribution is 2.21. The van der Waals surface area contributed by atoms with Gasteiger partial charge in [0.05, 0.1) is 12.4 Å². The highest BCUT2D eigenvalue weighted by atomic mass is 32.2. The molecule has 0 aromatic carbocycles. The van der Waals surface area contributed by atoms with Gasteiger partial charge in [0.15, 0.2) is 10.9 Å². The Kier molecular flexibility index (Phi) is 3.08. The summed E-state index contributed by atoms with van der Waals surface area (Å²) >= 11 is 1.32. The quantitative estimate of drug-likeness (QED) is 0.728. The minimum absolute atomic E-state index is 0.300. The molecule has 5 nitrogen and oxygen atoms in total. The molecule has 0 fully saturated rings. The molecule has 0 spiro atoms. The Hall–Kier alpha value is -2.00. The van der Waals surface area contributed by atoms with Crippen molar-refractivity contribution >= 4 is 11.8 Å². The Bertz CT molecular complexity index is 532. The van der Waals surface area contributed by atoms with E-state index in [2.05, 4.69) is 19.9 Å². The van der Waals surface area contributed by atoms with Gasteiger partial charge in [0.25, 0.3) is 0 Å². The molecule has 0 atom stereocenters. The van der Waals surface area contributed by atoms with Gasteiger partial charge in [0.2, 0.25) is 0 Å². The van der Waals surface area contributed by atoms with Gasteiger partial charge >= 0.3 is 0 Å². The summed E-state index contributed by atoms with van der Waals surface area (Å²) in [5, 5.41) is 9.87. The zero-order valence-electron chi connectivity index (χ0n) is 8.45. The fourth-order valence-corrected chi connectivity index (χ4v) is 1.70. The molecule has 2 heterocycles. The molecule has 0 radical (unpaired) electrons. The third-order valence-electron chi connectivity index (χ3n) is 1.71. The van der Waals surface area contributed by atoms with Gasteiger partial charge in [-0.3, -0.25) is 0 Å². The lowest BCUT2D eigenvalue weighted by molar-refractivity contribution is 0.924. The molecule has 78 valence electrons. The molecule has 0 aliphatic carbocycles.